The second kappa shape index (κ2) is 7.02. The summed E-state index contributed by atoms with van der Waals surface area (Å²) in [6.07, 6.45) is 0.822. The number of anilines is 2. The third-order valence-corrected chi connectivity index (χ3v) is 3.17. The number of rotatable bonds is 6. The monoisotopic (exact) mass is 285 g/mol. The first-order valence-corrected chi connectivity index (χ1v) is 7.37. The van der Waals surface area contributed by atoms with Crippen molar-refractivity contribution in [1.82, 2.24) is 15.0 Å². The highest BCUT2D eigenvalue weighted by Gasteiger charge is 2.09. The largest absolute Gasteiger partial charge is 0.370 e. The highest BCUT2D eigenvalue weighted by atomic mass is 15.2. The van der Waals surface area contributed by atoms with E-state index in [1.54, 1.807) is 0 Å². The zero-order valence-electron chi connectivity index (χ0n) is 13.2. The zero-order chi connectivity index (χ0) is 15.2. The van der Waals surface area contributed by atoms with Gasteiger partial charge in [0, 0.05) is 31.8 Å². The van der Waals surface area contributed by atoms with Crippen molar-refractivity contribution >= 4 is 11.6 Å². The summed E-state index contributed by atoms with van der Waals surface area (Å²) in [6.45, 7) is 7.72. The van der Waals surface area contributed by atoms with Gasteiger partial charge in [-0.15, -0.1) is 0 Å². The maximum Gasteiger partial charge on any atom is 0.134 e. The smallest absolute Gasteiger partial charge is 0.134 e. The van der Waals surface area contributed by atoms with Crippen LogP contribution in [0.15, 0.2) is 24.3 Å². The Morgan fingerprint density at radius 2 is 1.95 bits per heavy atom. The summed E-state index contributed by atoms with van der Waals surface area (Å²) in [4.78, 5) is 15.7. The Bertz CT molecular complexity index is 597. The van der Waals surface area contributed by atoms with E-state index in [0.29, 0.717) is 0 Å². The maximum atomic E-state index is 4.60. The molecule has 112 valence electrons. The van der Waals surface area contributed by atoms with Crippen molar-refractivity contribution in [2.45, 2.75) is 33.7 Å². The van der Waals surface area contributed by atoms with E-state index in [1.165, 1.54) is 0 Å². The van der Waals surface area contributed by atoms with Crippen LogP contribution in [-0.4, -0.2) is 28.5 Å². The molecule has 0 unspecified atom stereocenters. The molecule has 0 saturated heterocycles. The molecule has 2 aromatic rings. The standard InChI is InChI=1S/C16H23N5/c1-5-14-19-15(17-6-2)10-16(20-14)21(4)11-13-9-7-8-12(3)18-13/h7-10H,5-6,11H2,1-4H3,(H,17,19,20). The van der Waals surface area contributed by atoms with Gasteiger partial charge in [-0.05, 0) is 26.0 Å². The van der Waals surface area contributed by atoms with E-state index >= 15 is 0 Å². The molecule has 2 rings (SSSR count). The molecule has 0 aliphatic rings. The van der Waals surface area contributed by atoms with Gasteiger partial charge < -0.3 is 10.2 Å². The Hall–Kier alpha value is -2.17. The molecule has 0 atom stereocenters. The van der Waals surface area contributed by atoms with Crippen LogP contribution in [0.3, 0.4) is 0 Å². The Morgan fingerprint density at radius 3 is 2.62 bits per heavy atom. The van der Waals surface area contributed by atoms with Crippen LogP contribution >= 0.6 is 0 Å². The fourth-order valence-corrected chi connectivity index (χ4v) is 2.12. The first kappa shape index (κ1) is 15.2. The highest BCUT2D eigenvalue weighted by Crippen LogP contribution is 2.17. The molecule has 2 aromatic heterocycles. The summed E-state index contributed by atoms with van der Waals surface area (Å²) < 4.78 is 0. The van der Waals surface area contributed by atoms with Gasteiger partial charge >= 0.3 is 0 Å². The lowest BCUT2D eigenvalue weighted by Gasteiger charge is -2.19. The molecule has 5 nitrogen and oxygen atoms in total. The van der Waals surface area contributed by atoms with Gasteiger partial charge in [0.25, 0.3) is 0 Å². The molecule has 0 bridgehead atoms. The second-order valence-corrected chi connectivity index (χ2v) is 5.04. The average Bonchev–Trinajstić information content (AvgIpc) is 2.47. The van der Waals surface area contributed by atoms with Gasteiger partial charge in [-0.3, -0.25) is 4.98 Å². The van der Waals surface area contributed by atoms with Crippen molar-refractivity contribution in [3.8, 4) is 0 Å². The van der Waals surface area contributed by atoms with Crippen LogP contribution in [0, 0.1) is 6.92 Å². The highest BCUT2D eigenvalue weighted by molar-refractivity contribution is 5.49. The van der Waals surface area contributed by atoms with Gasteiger partial charge in [0.15, 0.2) is 0 Å². The van der Waals surface area contributed by atoms with Crippen molar-refractivity contribution in [1.29, 1.82) is 0 Å². The summed E-state index contributed by atoms with van der Waals surface area (Å²) in [7, 11) is 2.03. The number of aromatic nitrogens is 3. The lowest BCUT2D eigenvalue weighted by atomic mass is 10.3. The molecular weight excluding hydrogens is 262 g/mol. The summed E-state index contributed by atoms with van der Waals surface area (Å²) in [5.41, 5.74) is 2.07. The van der Waals surface area contributed by atoms with Crippen LogP contribution in [0.25, 0.3) is 0 Å². The van der Waals surface area contributed by atoms with E-state index in [9.17, 15) is 0 Å². The topological polar surface area (TPSA) is 53.9 Å². The second-order valence-electron chi connectivity index (χ2n) is 5.04. The van der Waals surface area contributed by atoms with Crippen LogP contribution in [0.4, 0.5) is 11.6 Å². The Balaban J connectivity index is 2.21. The van der Waals surface area contributed by atoms with Crippen molar-refractivity contribution in [3.05, 3.63) is 41.5 Å². The van der Waals surface area contributed by atoms with Crippen molar-refractivity contribution in [2.24, 2.45) is 0 Å². The molecule has 0 fully saturated rings. The van der Waals surface area contributed by atoms with Crippen LogP contribution in [0.1, 0.15) is 31.1 Å². The Morgan fingerprint density at radius 1 is 1.14 bits per heavy atom. The van der Waals surface area contributed by atoms with E-state index in [0.717, 1.165) is 48.4 Å². The maximum absolute atomic E-state index is 4.60. The van der Waals surface area contributed by atoms with Gasteiger partial charge in [-0.2, -0.15) is 0 Å². The number of nitrogens with one attached hydrogen (secondary N) is 1. The quantitative estimate of drug-likeness (QED) is 0.884. The Kier molecular flexibility index (Phi) is 5.09. The van der Waals surface area contributed by atoms with E-state index in [4.69, 9.17) is 0 Å². The molecule has 0 amide bonds. The first-order valence-electron chi connectivity index (χ1n) is 7.37. The molecule has 0 saturated carbocycles. The summed E-state index contributed by atoms with van der Waals surface area (Å²) in [6, 6.07) is 8.06. The average molecular weight is 285 g/mol. The van der Waals surface area contributed by atoms with Gasteiger partial charge in [0.05, 0.1) is 12.2 Å². The molecule has 0 aliphatic heterocycles. The van der Waals surface area contributed by atoms with Crippen LogP contribution in [-0.2, 0) is 13.0 Å². The predicted molar refractivity (Wildman–Crippen MR) is 86.7 cm³/mol. The van der Waals surface area contributed by atoms with Crippen LogP contribution in [0.2, 0.25) is 0 Å². The van der Waals surface area contributed by atoms with Crippen LogP contribution in [0.5, 0.6) is 0 Å². The van der Waals surface area contributed by atoms with Gasteiger partial charge in [0.1, 0.15) is 17.5 Å². The minimum Gasteiger partial charge on any atom is -0.370 e. The third-order valence-electron chi connectivity index (χ3n) is 3.17. The lowest BCUT2D eigenvalue weighted by molar-refractivity contribution is 0.835. The normalized spacial score (nSPS) is 10.5. The third kappa shape index (κ3) is 4.15. The predicted octanol–water partition coefficient (Wildman–Crippen LogP) is 2.81. The molecule has 2 heterocycles. The van der Waals surface area contributed by atoms with E-state index in [-0.39, 0.29) is 0 Å². The molecule has 0 radical (unpaired) electrons. The summed E-state index contributed by atoms with van der Waals surface area (Å²) in [5.74, 6) is 2.65. The number of hydrogen-bond acceptors (Lipinski definition) is 5. The number of hydrogen-bond donors (Lipinski definition) is 1. The van der Waals surface area contributed by atoms with E-state index in [2.05, 4.69) is 39.0 Å². The van der Waals surface area contributed by atoms with Crippen molar-refractivity contribution < 1.29 is 0 Å². The van der Waals surface area contributed by atoms with E-state index < -0.39 is 0 Å². The number of pyridine rings is 1. The van der Waals surface area contributed by atoms with Gasteiger partial charge in [0.2, 0.25) is 0 Å². The molecule has 5 heteroatoms. The SMILES string of the molecule is CCNc1cc(N(C)Cc2cccc(C)n2)nc(CC)n1. The minimum absolute atomic E-state index is 0.730. The summed E-state index contributed by atoms with van der Waals surface area (Å²) in [5, 5.41) is 3.26. The fraction of sp³-hybridized carbons (Fsp3) is 0.438. The van der Waals surface area contributed by atoms with Crippen molar-refractivity contribution in [2.75, 3.05) is 23.8 Å². The number of nitrogens with zero attached hydrogens (tertiary/aromatic N) is 4. The first-order chi connectivity index (χ1) is 10.1. The lowest BCUT2D eigenvalue weighted by Crippen LogP contribution is -2.20. The zero-order valence-corrected chi connectivity index (χ0v) is 13.2. The van der Waals surface area contributed by atoms with Crippen molar-refractivity contribution in [3.63, 3.8) is 0 Å². The molecule has 0 aliphatic carbocycles. The Labute approximate surface area is 126 Å². The molecule has 1 N–H and O–H groups in total. The fourth-order valence-electron chi connectivity index (χ4n) is 2.12. The number of aryl methyl sites for hydroxylation is 2. The molecule has 0 aromatic carbocycles. The van der Waals surface area contributed by atoms with E-state index in [1.807, 2.05) is 38.2 Å². The summed E-state index contributed by atoms with van der Waals surface area (Å²) >= 11 is 0. The molecule has 21 heavy (non-hydrogen) atoms. The molecular formula is C16H23N5. The van der Waals surface area contributed by atoms with Gasteiger partial charge in [-0.25, -0.2) is 9.97 Å². The van der Waals surface area contributed by atoms with Gasteiger partial charge in [-0.1, -0.05) is 13.0 Å². The minimum atomic E-state index is 0.730. The molecule has 0 spiro atoms. The van der Waals surface area contributed by atoms with Crippen LogP contribution < -0.4 is 10.2 Å².